The van der Waals surface area contributed by atoms with E-state index in [1.54, 1.807) is 4.07 Å². The third-order valence-corrected chi connectivity index (χ3v) is 2.11. The monoisotopic (exact) mass is 171 g/mol. The van der Waals surface area contributed by atoms with Crippen molar-refractivity contribution in [3.63, 3.8) is 0 Å². The number of aryl methyl sites for hydroxylation is 1. The highest BCUT2D eigenvalue weighted by atomic mass is 32.1. The molecule has 0 saturated carbocycles. The molecule has 0 aliphatic heterocycles. The molecule has 0 aromatic carbocycles. The van der Waals surface area contributed by atoms with Crippen LogP contribution in [0.5, 0.6) is 0 Å². The average Bonchev–Trinajstić information content (AvgIpc) is 2.08. The fourth-order valence-corrected chi connectivity index (χ4v) is 1.69. The van der Waals surface area contributed by atoms with Gasteiger partial charge in [0.25, 0.3) is 0 Å². The summed E-state index contributed by atoms with van der Waals surface area (Å²) in [6, 6.07) is 0. The predicted octanol–water partition coefficient (Wildman–Crippen LogP) is 1.26. The maximum Gasteiger partial charge on any atom is 0.150 e. The molecule has 0 saturated heterocycles. The molecule has 0 aliphatic carbocycles. The Hall–Kier alpha value is -0.640. The Bertz CT molecular complexity index is 302. The van der Waals surface area contributed by atoms with E-state index in [1.807, 2.05) is 7.05 Å². The van der Waals surface area contributed by atoms with Crippen molar-refractivity contribution in [3.8, 4) is 0 Å². The maximum absolute atomic E-state index is 7.58. The van der Waals surface area contributed by atoms with Crippen LogP contribution >= 0.6 is 11.5 Å². The minimum Gasteiger partial charge on any atom is -0.288 e. The summed E-state index contributed by atoms with van der Waals surface area (Å²) in [6.07, 6.45) is 0. The van der Waals surface area contributed by atoms with Gasteiger partial charge in [0.05, 0.1) is 0 Å². The Morgan fingerprint density at radius 3 is 2.18 bits per heavy atom. The van der Waals surface area contributed by atoms with Crippen LogP contribution in [-0.2, 0) is 12.5 Å². The quantitative estimate of drug-likeness (QED) is 0.627. The Morgan fingerprint density at radius 2 is 2.00 bits per heavy atom. The van der Waals surface area contributed by atoms with Crippen molar-refractivity contribution in [1.29, 1.82) is 5.41 Å². The van der Waals surface area contributed by atoms with Crippen molar-refractivity contribution in [3.05, 3.63) is 10.4 Å². The first-order chi connectivity index (χ1) is 4.91. The highest BCUT2D eigenvalue weighted by molar-refractivity contribution is 7.03. The van der Waals surface area contributed by atoms with E-state index in [1.165, 1.54) is 11.5 Å². The Balaban J connectivity index is 3.25. The number of rotatable bonds is 0. The van der Waals surface area contributed by atoms with Crippen molar-refractivity contribution >= 4 is 11.5 Å². The van der Waals surface area contributed by atoms with Gasteiger partial charge in [-0.15, -0.1) is 0 Å². The van der Waals surface area contributed by atoms with Gasteiger partial charge in [-0.3, -0.25) is 5.41 Å². The first-order valence-electron chi connectivity index (χ1n) is 3.51. The highest BCUT2D eigenvalue weighted by Crippen LogP contribution is 2.16. The lowest BCUT2D eigenvalue weighted by Crippen LogP contribution is -2.19. The Morgan fingerprint density at radius 1 is 1.45 bits per heavy atom. The summed E-state index contributed by atoms with van der Waals surface area (Å²) in [5.41, 5.74) is 0.875. The largest absolute Gasteiger partial charge is 0.288 e. The minimum atomic E-state index is -0.00512. The third kappa shape index (κ3) is 1.68. The molecule has 1 rings (SSSR count). The van der Waals surface area contributed by atoms with Crippen molar-refractivity contribution in [2.75, 3.05) is 0 Å². The van der Waals surface area contributed by atoms with Crippen molar-refractivity contribution in [2.45, 2.75) is 26.2 Å². The molecular weight excluding hydrogens is 158 g/mol. The topological polar surface area (TPSA) is 41.7 Å². The van der Waals surface area contributed by atoms with Gasteiger partial charge < -0.3 is 0 Å². The zero-order valence-electron chi connectivity index (χ0n) is 7.30. The van der Waals surface area contributed by atoms with Gasteiger partial charge in [0, 0.05) is 12.5 Å². The molecule has 1 heterocycles. The molecule has 1 N–H and O–H groups in total. The lowest BCUT2D eigenvalue weighted by molar-refractivity contribution is 0.549. The molecule has 0 amide bonds. The Labute approximate surface area is 70.3 Å². The number of hydrogen-bond donors (Lipinski definition) is 1. The molecule has 1 aromatic rings. The number of nitrogens with one attached hydrogen (secondary N) is 1. The second-order valence-electron chi connectivity index (χ2n) is 3.58. The summed E-state index contributed by atoms with van der Waals surface area (Å²) in [5, 5.41) is 11.8. The molecule has 1 aromatic heterocycles. The molecule has 4 heteroatoms. The molecule has 11 heavy (non-hydrogen) atoms. The van der Waals surface area contributed by atoms with E-state index < -0.39 is 0 Å². The fraction of sp³-hybridized carbons (Fsp3) is 0.714. The van der Waals surface area contributed by atoms with Crippen LogP contribution in [0.15, 0.2) is 0 Å². The second kappa shape index (κ2) is 2.44. The molecule has 0 bridgehead atoms. The predicted molar refractivity (Wildman–Crippen MR) is 45.6 cm³/mol. The zero-order chi connectivity index (χ0) is 8.65. The fourth-order valence-electron chi connectivity index (χ4n) is 0.873. The van der Waals surface area contributed by atoms with Gasteiger partial charge in [0.2, 0.25) is 0 Å². The van der Waals surface area contributed by atoms with Crippen molar-refractivity contribution < 1.29 is 0 Å². The van der Waals surface area contributed by atoms with Crippen molar-refractivity contribution in [1.82, 2.24) is 9.17 Å². The standard InChI is InChI=1S/C7H13N3S/c1-7(2,3)5-6(8)11-10(4)9-5/h8H,1-4H3. The smallest absolute Gasteiger partial charge is 0.150 e. The van der Waals surface area contributed by atoms with Crippen LogP contribution in [0.4, 0.5) is 0 Å². The van der Waals surface area contributed by atoms with Gasteiger partial charge in [-0.1, -0.05) is 20.8 Å². The summed E-state index contributed by atoms with van der Waals surface area (Å²) in [7, 11) is 1.86. The van der Waals surface area contributed by atoms with Gasteiger partial charge in [-0.25, -0.2) is 4.07 Å². The van der Waals surface area contributed by atoms with Crippen LogP contribution in [0.2, 0.25) is 0 Å². The number of hydrogen-bond acceptors (Lipinski definition) is 3. The number of aromatic nitrogens is 2. The maximum atomic E-state index is 7.58. The van der Waals surface area contributed by atoms with E-state index in [0.717, 1.165) is 5.69 Å². The summed E-state index contributed by atoms with van der Waals surface area (Å²) in [4.78, 5) is 0. The lowest BCUT2D eigenvalue weighted by atomic mass is 9.93. The van der Waals surface area contributed by atoms with Crippen LogP contribution in [0.1, 0.15) is 26.5 Å². The zero-order valence-corrected chi connectivity index (χ0v) is 8.12. The second-order valence-corrected chi connectivity index (χ2v) is 4.70. The minimum absolute atomic E-state index is 0.00512. The van der Waals surface area contributed by atoms with E-state index in [9.17, 15) is 0 Å². The summed E-state index contributed by atoms with van der Waals surface area (Å²) in [5.74, 6) is 0. The van der Waals surface area contributed by atoms with Gasteiger partial charge in [0.15, 0.2) is 0 Å². The lowest BCUT2D eigenvalue weighted by Gasteiger charge is -2.13. The van der Waals surface area contributed by atoms with Gasteiger partial charge in [-0.05, 0) is 11.5 Å². The summed E-state index contributed by atoms with van der Waals surface area (Å²) >= 11 is 1.37. The molecule has 0 radical (unpaired) electrons. The van der Waals surface area contributed by atoms with Crippen LogP contribution in [0.3, 0.4) is 0 Å². The van der Waals surface area contributed by atoms with Crippen LogP contribution in [-0.4, -0.2) is 9.17 Å². The van der Waals surface area contributed by atoms with Gasteiger partial charge >= 0.3 is 0 Å². The molecule has 62 valence electrons. The van der Waals surface area contributed by atoms with Gasteiger partial charge in [0.1, 0.15) is 10.4 Å². The molecule has 0 spiro atoms. The van der Waals surface area contributed by atoms with Gasteiger partial charge in [-0.2, -0.15) is 5.10 Å². The van der Waals surface area contributed by atoms with Crippen LogP contribution in [0.25, 0.3) is 0 Å². The third-order valence-electron chi connectivity index (χ3n) is 1.39. The first kappa shape index (κ1) is 8.46. The molecule has 3 nitrogen and oxygen atoms in total. The van der Waals surface area contributed by atoms with E-state index in [2.05, 4.69) is 25.9 Å². The SMILES string of the molecule is Cn1nc(C(C)(C)C)c(=N)s1. The Kier molecular flexibility index (Phi) is 1.88. The normalized spacial score (nSPS) is 12.0. The number of nitrogens with zero attached hydrogens (tertiary/aromatic N) is 2. The summed E-state index contributed by atoms with van der Waals surface area (Å²) in [6.45, 7) is 6.21. The van der Waals surface area contributed by atoms with Crippen molar-refractivity contribution in [2.24, 2.45) is 7.05 Å². The van der Waals surface area contributed by atoms with Crippen LogP contribution < -0.4 is 4.67 Å². The highest BCUT2D eigenvalue weighted by Gasteiger charge is 2.19. The molecule has 0 atom stereocenters. The van der Waals surface area contributed by atoms with E-state index in [4.69, 9.17) is 5.41 Å². The first-order valence-corrected chi connectivity index (χ1v) is 4.28. The summed E-state index contributed by atoms with van der Waals surface area (Å²) < 4.78 is 2.29. The van der Waals surface area contributed by atoms with Crippen LogP contribution in [0, 0.1) is 5.41 Å². The molecule has 0 aliphatic rings. The van der Waals surface area contributed by atoms with E-state index in [0.29, 0.717) is 4.67 Å². The average molecular weight is 171 g/mol. The molecule has 0 fully saturated rings. The molecule has 0 unspecified atom stereocenters. The molecular formula is C7H13N3S. The van der Waals surface area contributed by atoms with E-state index >= 15 is 0 Å². The van der Waals surface area contributed by atoms with E-state index in [-0.39, 0.29) is 5.41 Å².